The Morgan fingerprint density at radius 2 is 1.75 bits per heavy atom. The zero-order valence-electron chi connectivity index (χ0n) is 16.3. The molecule has 146 valence electrons. The summed E-state index contributed by atoms with van der Waals surface area (Å²) in [5.74, 6) is 1.51. The summed E-state index contributed by atoms with van der Waals surface area (Å²) in [7, 11) is 3.35. The first kappa shape index (κ1) is 18.9. The van der Waals surface area contributed by atoms with E-state index >= 15 is 0 Å². The van der Waals surface area contributed by atoms with Crippen molar-refractivity contribution in [2.75, 3.05) is 20.8 Å². The van der Waals surface area contributed by atoms with Crippen molar-refractivity contribution in [3.8, 4) is 11.5 Å². The first-order valence-electron chi connectivity index (χ1n) is 9.55. The molecule has 0 amide bonds. The Hall–Kier alpha value is -2.43. The fourth-order valence-electron chi connectivity index (χ4n) is 4.04. The maximum atomic E-state index is 6.08. The van der Waals surface area contributed by atoms with E-state index in [-0.39, 0.29) is 6.04 Å². The topological polar surface area (TPSA) is 26.6 Å². The number of hydrogen-bond acceptors (Lipinski definition) is 3. The van der Waals surface area contributed by atoms with Gasteiger partial charge in [0.1, 0.15) is 0 Å². The molecule has 1 unspecified atom stereocenters. The third-order valence-electron chi connectivity index (χ3n) is 5.38. The van der Waals surface area contributed by atoms with Crippen molar-refractivity contribution in [3.63, 3.8) is 0 Å². The van der Waals surface area contributed by atoms with Gasteiger partial charge in [-0.05, 0) is 53.9 Å². The van der Waals surface area contributed by atoms with Crippen molar-refractivity contribution in [2.24, 2.45) is 0 Å². The minimum absolute atomic E-state index is 0.146. The van der Waals surface area contributed by atoms with Crippen LogP contribution in [-0.2, 0) is 13.1 Å². The minimum Gasteiger partial charge on any atom is -0.493 e. The number of rotatable bonds is 5. The molecule has 0 fully saturated rings. The highest BCUT2D eigenvalue weighted by molar-refractivity contribution is 6.30. The second-order valence-electron chi connectivity index (χ2n) is 7.09. The van der Waals surface area contributed by atoms with Gasteiger partial charge in [-0.25, -0.2) is 0 Å². The molecule has 3 aromatic rings. The van der Waals surface area contributed by atoms with Gasteiger partial charge in [0.2, 0.25) is 0 Å². The van der Waals surface area contributed by atoms with Crippen molar-refractivity contribution in [2.45, 2.75) is 25.6 Å². The maximum absolute atomic E-state index is 6.08. The molecule has 28 heavy (non-hydrogen) atoms. The summed E-state index contributed by atoms with van der Waals surface area (Å²) in [5, 5.41) is 0.768. The van der Waals surface area contributed by atoms with Gasteiger partial charge in [0.15, 0.2) is 11.5 Å². The second kappa shape index (κ2) is 8.29. The molecule has 2 heterocycles. The Kier molecular flexibility index (Phi) is 5.60. The zero-order chi connectivity index (χ0) is 19.5. The summed E-state index contributed by atoms with van der Waals surface area (Å²) in [6, 6.07) is 18.9. The predicted molar refractivity (Wildman–Crippen MR) is 112 cm³/mol. The molecule has 0 saturated heterocycles. The average molecular weight is 397 g/mol. The van der Waals surface area contributed by atoms with Gasteiger partial charge in [0, 0.05) is 36.5 Å². The summed E-state index contributed by atoms with van der Waals surface area (Å²) >= 11 is 6.08. The van der Waals surface area contributed by atoms with Crippen LogP contribution in [0.3, 0.4) is 0 Å². The molecule has 0 radical (unpaired) electrons. The summed E-state index contributed by atoms with van der Waals surface area (Å²) in [5.41, 5.74) is 3.77. The lowest BCUT2D eigenvalue weighted by atomic mass is 10.0. The van der Waals surface area contributed by atoms with Gasteiger partial charge in [0.05, 0.1) is 20.3 Å². The van der Waals surface area contributed by atoms with Crippen molar-refractivity contribution < 1.29 is 9.47 Å². The van der Waals surface area contributed by atoms with Crippen LogP contribution < -0.4 is 9.47 Å². The molecular weight excluding hydrogens is 372 g/mol. The maximum Gasteiger partial charge on any atom is 0.161 e. The van der Waals surface area contributed by atoms with Crippen LogP contribution in [-0.4, -0.2) is 30.2 Å². The number of aromatic nitrogens is 1. The van der Waals surface area contributed by atoms with Crippen LogP contribution >= 0.6 is 11.6 Å². The van der Waals surface area contributed by atoms with E-state index in [0.29, 0.717) is 0 Å². The van der Waals surface area contributed by atoms with Crippen LogP contribution in [0.25, 0.3) is 0 Å². The minimum atomic E-state index is 0.146. The lowest BCUT2D eigenvalue weighted by Gasteiger charge is -2.31. The number of methoxy groups -OCH3 is 2. The Bertz CT molecular complexity index is 936. The van der Waals surface area contributed by atoms with Crippen LogP contribution in [0.5, 0.6) is 11.5 Å². The van der Waals surface area contributed by atoms with Gasteiger partial charge < -0.3 is 14.0 Å². The van der Waals surface area contributed by atoms with Crippen molar-refractivity contribution in [1.29, 1.82) is 0 Å². The molecule has 5 heteroatoms. The SMILES string of the molecule is COc1ccc(C2c3cccn3CCCN2Cc2ccc(Cl)cc2)cc1OC. The van der Waals surface area contributed by atoms with E-state index in [2.05, 4.69) is 52.1 Å². The normalized spacial score (nSPS) is 17.0. The predicted octanol–water partition coefficient (Wildman–Crippen LogP) is 5.15. The molecule has 1 aliphatic heterocycles. The molecule has 0 aliphatic carbocycles. The summed E-state index contributed by atoms with van der Waals surface area (Å²) < 4.78 is 13.4. The first-order valence-corrected chi connectivity index (χ1v) is 9.93. The molecule has 1 atom stereocenters. The van der Waals surface area contributed by atoms with Gasteiger partial charge in [-0.1, -0.05) is 29.8 Å². The standard InChI is InChI=1S/C23H25ClN2O2/c1-27-21-11-8-18(15-22(21)28-2)23-20-5-3-12-25(20)13-4-14-26(23)16-17-6-9-19(24)10-7-17/h3,5-12,15,23H,4,13-14,16H2,1-2H3. The van der Waals surface area contributed by atoms with E-state index in [1.807, 2.05) is 18.2 Å². The molecule has 0 N–H and O–H groups in total. The van der Waals surface area contributed by atoms with Gasteiger partial charge in [-0.3, -0.25) is 4.90 Å². The quantitative estimate of drug-likeness (QED) is 0.596. The van der Waals surface area contributed by atoms with Crippen molar-refractivity contribution in [3.05, 3.63) is 82.6 Å². The largest absolute Gasteiger partial charge is 0.493 e. The third kappa shape index (κ3) is 3.75. The van der Waals surface area contributed by atoms with E-state index in [9.17, 15) is 0 Å². The number of fused-ring (bicyclic) bond motifs is 1. The summed E-state index contributed by atoms with van der Waals surface area (Å²) in [4.78, 5) is 2.53. The molecule has 0 bridgehead atoms. The Labute approximate surface area is 171 Å². The number of aryl methyl sites for hydroxylation is 1. The Balaban J connectivity index is 1.75. The van der Waals surface area contributed by atoms with Crippen LogP contribution in [0.15, 0.2) is 60.8 Å². The lowest BCUT2D eigenvalue weighted by Crippen LogP contribution is -2.29. The fourth-order valence-corrected chi connectivity index (χ4v) is 4.16. The van der Waals surface area contributed by atoms with Gasteiger partial charge in [-0.2, -0.15) is 0 Å². The Morgan fingerprint density at radius 3 is 2.50 bits per heavy atom. The number of nitrogens with zero attached hydrogens (tertiary/aromatic N) is 2. The van der Waals surface area contributed by atoms with E-state index in [0.717, 1.165) is 42.6 Å². The van der Waals surface area contributed by atoms with E-state index in [1.165, 1.54) is 16.8 Å². The second-order valence-corrected chi connectivity index (χ2v) is 7.53. The van der Waals surface area contributed by atoms with Crippen molar-refractivity contribution in [1.82, 2.24) is 9.47 Å². The molecule has 0 spiro atoms. The average Bonchev–Trinajstić information content (AvgIpc) is 3.10. The van der Waals surface area contributed by atoms with E-state index in [1.54, 1.807) is 14.2 Å². The highest BCUT2D eigenvalue weighted by Gasteiger charge is 2.28. The van der Waals surface area contributed by atoms with E-state index in [4.69, 9.17) is 21.1 Å². The van der Waals surface area contributed by atoms with Gasteiger partial charge in [0.25, 0.3) is 0 Å². The Morgan fingerprint density at radius 1 is 0.964 bits per heavy atom. The highest BCUT2D eigenvalue weighted by Crippen LogP contribution is 2.37. The van der Waals surface area contributed by atoms with Gasteiger partial charge in [-0.15, -0.1) is 0 Å². The molecule has 4 nitrogen and oxygen atoms in total. The summed E-state index contributed by atoms with van der Waals surface area (Å²) in [6.45, 7) is 2.91. The van der Waals surface area contributed by atoms with Crippen LogP contribution in [0, 0.1) is 0 Å². The zero-order valence-corrected chi connectivity index (χ0v) is 17.0. The van der Waals surface area contributed by atoms with Gasteiger partial charge >= 0.3 is 0 Å². The fraction of sp³-hybridized carbons (Fsp3) is 0.304. The molecule has 2 aromatic carbocycles. The van der Waals surface area contributed by atoms with Crippen LogP contribution in [0.4, 0.5) is 0 Å². The monoisotopic (exact) mass is 396 g/mol. The molecule has 1 aliphatic rings. The van der Waals surface area contributed by atoms with Crippen LogP contribution in [0.1, 0.15) is 29.3 Å². The van der Waals surface area contributed by atoms with Crippen molar-refractivity contribution >= 4 is 11.6 Å². The smallest absolute Gasteiger partial charge is 0.161 e. The van der Waals surface area contributed by atoms with Crippen LogP contribution in [0.2, 0.25) is 5.02 Å². The third-order valence-corrected chi connectivity index (χ3v) is 5.63. The number of halogens is 1. The summed E-state index contributed by atoms with van der Waals surface area (Å²) in [6.07, 6.45) is 3.29. The first-order chi connectivity index (χ1) is 13.7. The molecular formula is C23H25ClN2O2. The molecule has 4 rings (SSSR count). The number of hydrogen-bond donors (Lipinski definition) is 0. The number of ether oxygens (including phenoxy) is 2. The number of benzene rings is 2. The van der Waals surface area contributed by atoms with E-state index < -0.39 is 0 Å². The highest BCUT2D eigenvalue weighted by atomic mass is 35.5. The molecule has 0 saturated carbocycles. The lowest BCUT2D eigenvalue weighted by molar-refractivity contribution is 0.220. The molecule has 1 aromatic heterocycles.